The van der Waals surface area contributed by atoms with Crippen LogP contribution in [0, 0.1) is 0 Å². The predicted octanol–water partition coefficient (Wildman–Crippen LogP) is 13.4. The van der Waals surface area contributed by atoms with E-state index in [1.165, 1.54) is 40.3 Å². The number of thiophene rings is 2. The molecule has 7 aromatic carbocycles. The second kappa shape index (κ2) is 11.2. The zero-order valence-electron chi connectivity index (χ0n) is 24.9. The maximum absolute atomic E-state index is 2.36. The first kappa shape index (κ1) is 26.9. The zero-order valence-corrected chi connectivity index (χ0v) is 26.5. The van der Waals surface area contributed by atoms with Crippen molar-refractivity contribution in [2.45, 2.75) is 0 Å². The van der Waals surface area contributed by atoms with Crippen LogP contribution >= 0.6 is 22.7 Å². The normalized spacial score (nSPS) is 11.5. The van der Waals surface area contributed by atoms with Crippen molar-refractivity contribution >= 4 is 97.1 Å². The molecule has 0 saturated heterocycles. The molecule has 0 fully saturated rings. The van der Waals surface area contributed by atoms with Crippen LogP contribution in [0.4, 0.5) is 34.1 Å². The monoisotopic (exact) mass is 624 g/mol. The predicted molar refractivity (Wildman–Crippen MR) is 202 cm³/mol. The Kier molecular flexibility index (Phi) is 6.55. The Bertz CT molecular complexity index is 2210. The maximum atomic E-state index is 2.36. The Morgan fingerprint density at radius 3 is 0.913 bits per heavy atom. The SMILES string of the molecule is c1ccc(N(c2ccccc2)c2ccc3c(c2)sc2c3ccc3c4ccc(N(c5ccccc5)c5ccccc5)cc4sc32)cc1. The van der Waals surface area contributed by atoms with E-state index in [0.29, 0.717) is 0 Å². The van der Waals surface area contributed by atoms with Crippen LogP contribution in [0.15, 0.2) is 170 Å². The van der Waals surface area contributed by atoms with Gasteiger partial charge in [0.2, 0.25) is 0 Å². The summed E-state index contributed by atoms with van der Waals surface area (Å²) in [4.78, 5) is 4.68. The van der Waals surface area contributed by atoms with Gasteiger partial charge in [0.05, 0.1) is 9.40 Å². The van der Waals surface area contributed by atoms with Gasteiger partial charge in [0.1, 0.15) is 0 Å². The van der Waals surface area contributed by atoms with Gasteiger partial charge in [0, 0.05) is 65.1 Å². The van der Waals surface area contributed by atoms with Gasteiger partial charge in [-0.05, 0) is 72.8 Å². The Hall–Kier alpha value is -5.42. The lowest BCUT2D eigenvalue weighted by Gasteiger charge is -2.25. The molecular weight excluding hydrogens is 597 g/mol. The van der Waals surface area contributed by atoms with Crippen LogP contribution in [-0.2, 0) is 0 Å². The van der Waals surface area contributed by atoms with Crippen LogP contribution in [0.5, 0.6) is 0 Å². The van der Waals surface area contributed by atoms with Gasteiger partial charge in [-0.15, -0.1) is 22.7 Å². The van der Waals surface area contributed by atoms with Crippen molar-refractivity contribution in [2.75, 3.05) is 9.80 Å². The van der Waals surface area contributed by atoms with E-state index in [9.17, 15) is 0 Å². The summed E-state index contributed by atoms with van der Waals surface area (Å²) < 4.78 is 5.33. The van der Waals surface area contributed by atoms with Crippen molar-refractivity contribution in [1.29, 1.82) is 0 Å². The van der Waals surface area contributed by atoms with Gasteiger partial charge >= 0.3 is 0 Å². The highest BCUT2D eigenvalue weighted by molar-refractivity contribution is 7.33. The van der Waals surface area contributed by atoms with Gasteiger partial charge in [0.25, 0.3) is 0 Å². The van der Waals surface area contributed by atoms with E-state index < -0.39 is 0 Å². The van der Waals surface area contributed by atoms with Gasteiger partial charge in [-0.2, -0.15) is 0 Å². The van der Waals surface area contributed by atoms with E-state index in [1.54, 1.807) is 0 Å². The van der Waals surface area contributed by atoms with Crippen LogP contribution in [0.3, 0.4) is 0 Å². The highest BCUT2D eigenvalue weighted by Gasteiger charge is 2.18. The minimum atomic E-state index is 1.15. The fraction of sp³-hybridized carbons (Fsp3) is 0. The summed E-state index contributed by atoms with van der Waals surface area (Å²) in [5.74, 6) is 0. The van der Waals surface area contributed by atoms with Crippen LogP contribution < -0.4 is 9.80 Å². The lowest BCUT2D eigenvalue weighted by molar-refractivity contribution is 1.29. The molecule has 0 spiro atoms. The van der Waals surface area contributed by atoms with Crippen molar-refractivity contribution in [3.63, 3.8) is 0 Å². The first-order valence-electron chi connectivity index (χ1n) is 15.4. The average Bonchev–Trinajstić information content (AvgIpc) is 3.68. The molecule has 46 heavy (non-hydrogen) atoms. The zero-order chi connectivity index (χ0) is 30.5. The average molecular weight is 625 g/mol. The number of hydrogen-bond acceptors (Lipinski definition) is 4. The lowest BCUT2D eigenvalue weighted by Crippen LogP contribution is -2.09. The summed E-state index contributed by atoms with van der Waals surface area (Å²) in [6, 6.07) is 61.0. The molecule has 0 N–H and O–H groups in total. The topological polar surface area (TPSA) is 6.48 Å². The number of fused-ring (bicyclic) bond motifs is 7. The fourth-order valence-corrected chi connectivity index (χ4v) is 9.13. The lowest BCUT2D eigenvalue weighted by atomic mass is 10.1. The largest absolute Gasteiger partial charge is 0.310 e. The minimum Gasteiger partial charge on any atom is -0.310 e. The summed E-state index contributed by atoms with van der Waals surface area (Å²) in [5, 5.41) is 5.27. The summed E-state index contributed by atoms with van der Waals surface area (Å²) in [6.07, 6.45) is 0. The Morgan fingerprint density at radius 2 is 0.587 bits per heavy atom. The standard InChI is InChI=1S/C42H28N2S2/c1-5-13-29(14-6-1)43(30-15-7-2-8-16-30)33-21-23-35-37-25-26-38-36-24-22-34(28-40(36)46-42(38)41(37)45-39(35)27-33)44(31-17-9-3-10-18-31)32-19-11-4-12-20-32/h1-28H. The van der Waals surface area contributed by atoms with E-state index in [1.807, 2.05) is 22.7 Å². The number of rotatable bonds is 6. The van der Waals surface area contributed by atoms with Gasteiger partial charge in [-0.3, -0.25) is 0 Å². The minimum absolute atomic E-state index is 1.15. The second-order valence-corrected chi connectivity index (χ2v) is 13.5. The summed E-state index contributed by atoms with van der Waals surface area (Å²) >= 11 is 3.81. The van der Waals surface area contributed by atoms with Crippen LogP contribution in [-0.4, -0.2) is 0 Å². The molecule has 2 aromatic heterocycles. The summed E-state index contributed by atoms with van der Waals surface area (Å²) in [6.45, 7) is 0. The Morgan fingerprint density at radius 1 is 0.283 bits per heavy atom. The van der Waals surface area contributed by atoms with Gasteiger partial charge in [-0.1, -0.05) is 97.1 Å². The molecule has 0 atom stereocenters. The number of hydrogen-bond donors (Lipinski definition) is 0. The molecule has 0 radical (unpaired) electrons. The van der Waals surface area contributed by atoms with Crippen LogP contribution in [0.2, 0.25) is 0 Å². The highest BCUT2D eigenvalue weighted by atomic mass is 32.1. The van der Waals surface area contributed by atoms with E-state index in [0.717, 1.165) is 34.1 Å². The molecule has 0 saturated carbocycles. The molecule has 0 aliphatic rings. The summed E-state index contributed by atoms with van der Waals surface area (Å²) in [7, 11) is 0. The molecule has 2 nitrogen and oxygen atoms in total. The van der Waals surface area contributed by atoms with E-state index in [4.69, 9.17) is 0 Å². The smallest absolute Gasteiger partial charge is 0.0534 e. The molecule has 218 valence electrons. The van der Waals surface area contributed by atoms with Crippen LogP contribution in [0.1, 0.15) is 0 Å². The van der Waals surface area contributed by atoms with Gasteiger partial charge < -0.3 is 9.80 Å². The molecule has 0 unspecified atom stereocenters. The van der Waals surface area contributed by atoms with E-state index in [2.05, 4.69) is 180 Å². The third kappa shape index (κ3) is 4.54. The Labute approximate surface area is 275 Å². The molecule has 4 heteroatoms. The molecule has 9 aromatic rings. The van der Waals surface area contributed by atoms with E-state index >= 15 is 0 Å². The van der Waals surface area contributed by atoms with Gasteiger partial charge in [0.15, 0.2) is 0 Å². The molecule has 0 aliphatic heterocycles. The van der Waals surface area contributed by atoms with Crippen LogP contribution in [0.25, 0.3) is 40.3 Å². The quantitative estimate of drug-likeness (QED) is 0.182. The molecular formula is C42H28N2S2. The molecule has 2 heterocycles. The number of nitrogens with zero attached hydrogens (tertiary/aromatic N) is 2. The number of anilines is 6. The van der Waals surface area contributed by atoms with Crippen molar-refractivity contribution in [1.82, 2.24) is 0 Å². The molecule has 9 rings (SSSR count). The third-order valence-electron chi connectivity index (χ3n) is 8.62. The van der Waals surface area contributed by atoms with Crippen molar-refractivity contribution < 1.29 is 0 Å². The third-order valence-corrected chi connectivity index (χ3v) is 11.1. The number of benzene rings is 7. The molecule has 0 aliphatic carbocycles. The fourth-order valence-electron chi connectivity index (χ4n) is 6.53. The van der Waals surface area contributed by atoms with E-state index in [-0.39, 0.29) is 0 Å². The summed E-state index contributed by atoms with van der Waals surface area (Å²) in [5.41, 5.74) is 6.92. The Balaban J connectivity index is 1.19. The number of para-hydroxylation sites is 4. The molecule has 0 amide bonds. The maximum Gasteiger partial charge on any atom is 0.0534 e. The van der Waals surface area contributed by atoms with Gasteiger partial charge in [-0.25, -0.2) is 0 Å². The molecule has 0 bridgehead atoms. The second-order valence-electron chi connectivity index (χ2n) is 11.4. The van der Waals surface area contributed by atoms with Crippen molar-refractivity contribution in [2.24, 2.45) is 0 Å². The highest BCUT2D eigenvalue weighted by Crippen LogP contribution is 2.47. The first-order chi connectivity index (χ1) is 22.8. The van der Waals surface area contributed by atoms with Crippen molar-refractivity contribution in [3.8, 4) is 0 Å². The first-order valence-corrected chi connectivity index (χ1v) is 17.1. The van der Waals surface area contributed by atoms with Crippen molar-refractivity contribution in [3.05, 3.63) is 170 Å².